The van der Waals surface area contributed by atoms with Crippen molar-refractivity contribution in [1.29, 1.82) is 0 Å². The quantitative estimate of drug-likeness (QED) is 0.728. The van der Waals surface area contributed by atoms with E-state index in [-0.39, 0.29) is 0 Å². The summed E-state index contributed by atoms with van der Waals surface area (Å²) in [5.74, 6) is 0. The molecule has 0 spiro atoms. The molecule has 1 aliphatic heterocycles. The number of carboxylic acid groups (broad SMARTS) is 1. The number of benzene rings is 1. The molecule has 86 valence electrons. The Balaban J connectivity index is 2.10. The van der Waals surface area contributed by atoms with Gasteiger partial charge in [0, 0.05) is 29.3 Å². The fourth-order valence-corrected chi connectivity index (χ4v) is 2.26. The molecular weight excluding hydrogens is 216 g/mol. The van der Waals surface area contributed by atoms with E-state index in [0.717, 1.165) is 17.6 Å². The van der Waals surface area contributed by atoms with Crippen molar-refractivity contribution in [3.05, 3.63) is 41.7 Å². The smallest absolute Gasteiger partial charge is 0.411 e. The second-order valence-electron chi connectivity index (χ2n) is 4.10. The molecule has 0 unspecified atom stereocenters. The molecule has 1 aromatic heterocycles. The number of amides is 1. The lowest BCUT2D eigenvalue weighted by atomic mass is 10.1. The van der Waals surface area contributed by atoms with Gasteiger partial charge in [-0.3, -0.25) is 4.90 Å². The van der Waals surface area contributed by atoms with Gasteiger partial charge in [0.2, 0.25) is 0 Å². The molecule has 4 nitrogen and oxygen atoms in total. The third-order valence-corrected chi connectivity index (χ3v) is 3.12. The molecule has 2 heterocycles. The van der Waals surface area contributed by atoms with E-state index in [4.69, 9.17) is 5.11 Å². The summed E-state index contributed by atoms with van der Waals surface area (Å²) in [5.41, 5.74) is 3.31. The van der Waals surface area contributed by atoms with Gasteiger partial charge in [-0.25, -0.2) is 4.79 Å². The number of carbonyl (C=O) groups is 1. The van der Waals surface area contributed by atoms with Gasteiger partial charge in [-0.05, 0) is 24.1 Å². The minimum absolute atomic E-state index is 0.501. The molecule has 2 aromatic rings. The fraction of sp³-hybridized carbons (Fsp3) is 0.154. The lowest BCUT2D eigenvalue weighted by Gasteiger charge is -2.11. The molecule has 1 amide bonds. The van der Waals surface area contributed by atoms with Gasteiger partial charge in [0.15, 0.2) is 0 Å². The van der Waals surface area contributed by atoms with Crippen molar-refractivity contribution in [2.75, 3.05) is 6.54 Å². The minimum atomic E-state index is -0.907. The SMILES string of the molecule is O=C(O)N1C=Cc2[nH]c3ccccc3c2CC1. The maximum Gasteiger partial charge on any atom is 0.411 e. The number of para-hydroxylation sites is 1. The molecule has 4 heteroatoms. The highest BCUT2D eigenvalue weighted by molar-refractivity contribution is 5.87. The number of fused-ring (bicyclic) bond motifs is 3. The zero-order chi connectivity index (χ0) is 11.8. The van der Waals surface area contributed by atoms with Gasteiger partial charge in [0.25, 0.3) is 0 Å². The largest absolute Gasteiger partial charge is 0.465 e. The Morgan fingerprint density at radius 3 is 3.00 bits per heavy atom. The molecule has 1 aromatic carbocycles. The summed E-state index contributed by atoms with van der Waals surface area (Å²) >= 11 is 0. The normalized spacial score (nSPS) is 14.7. The molecule has 0 saturated heterocycles. The highest BCUT2D eigenvalue weighted by atomic mass is 16.4. The van der Waals surface area contributed by atoms with Crippen LogP contribution in [0.3, 0.4) is 0 Å². The number of nitrogens with one attached hydrogen (secondary N) is 1. The van der Waals surface area contributed by atoms with Gasteiger partial charge in [-0.1, -0.05) is 18.2 Å². The number of hydrogen-bond donors (Lipinski definition) is 2. The van der Waals surface area contributed by atoms with E-state index < -0.39 is 6.09 Å². The van der Waals surface area contributed by atoms with E-state index >= 15 is 0 Å². The third-order valence-electron chi connectivity index (χ3n) is 3.12. The summed E-state index contributed by atoms with van der Waals surface area (Å²) in [5, 5.41) is 10.1. The first-order chi connectivity index (χ1) is 8.25. The van der Waals surface area contributed by atoms with Crippen LogP contribution in [-0.4, -0.2) is 27.6 Å². The lowest BCUT2D eigenvalue weighted by molar-refractivity contribution is 0.164. The fourth-order valence-electron chi connectivity index (χ4n) is 2.26. The van der Waals surface area contributed by atoms with Crippen molar-refractivity contribution in [3.63, 3.8) is 0 Å². The van der Waals surface area contributed by atoms with Crippen LogP contribution in [-0.2, 0) is 6.42 Å². The van der Waals surface area contributed by atoms with Gasteiger partial charge in [-0.2, -0.15) is 0 Å². The van der Waals surface area contributed by atoms with E-state index in [0.29, 0.717) is 6.54 Å². The van der Waals surface area contributed by atoms with Crippen LogP contribution in [0.4, 0.5) is 4.79 Å². The maximum atomic E-state index is 10.9. The van der Waals surface area contributed by atoms with Gasteiger partial charge in [-0.15, -0.1) is 0 Å². The molecule has 0 aliphatic carbocycles. The summed E-state index contributed by atoms with van der Waals surface area (Å²) in [4.78, 5) is 15.5. The summed E-state index contributed by atoms with van der Waals surface area (Å²) in [7, 11) is 0. The highest BCUT2D eigenvalue weighted by Gasteiger charge is 2.16. The van der Waals surface area contributed by atoms with Crippen LogP contribution in [0.1, 0.15) is 11.3 Å². The minimum Gasteiger partial charge on any atom is -0.465 e. The summed E-state index contributed by atoms with van der Waals surface area (Å²) < 4.78 is 0. The molecule has 0 saturated carbocycles. The molecule has 0 atom stereocenters. The van der Waals surface area contributed by atoms with Gasteiger partial charge in [0.1, 0.15) is 0 Å². The molecule has 1 aliphatic rings. The Morgan fingerprint density at radius 1 is 1.35 bits per heavy atom. The number of aromatic amines is 1. The zero-order valence-corrected chi connectivity index (χ0v) is 9.18. The van der Waals surface area contributed by atoms with E-state index in [2.05, 4.69) is 11.1 Å². The monoisotopic (exact) mass is 228 g/mol. The Kier molecular flexibility index (Phi) is 2.14. The van der Waals surface area contributed by atoms with Crippen LogP contribution in [0.25, 0.3) is 17.0 Å². The van der Waals surface area contributed by atoms with Crippen LogP contribution in [0.5, 0.6) is 0 Å². The molecule has 17 heavy (non-hydrogen) atoms. The van der Waals surface area contributed by atoms with Crippen molar-refractivity contribution < 1.29 is 9.90 Å². The second kappa shape index (κ2) is 3.66. The van der Waals surface area contributed by atoms with E-state index in [1.54, 1.807) is 6.20 Å². The van der Waals surface area contributed by atoms with Gasteiger partial charge < -0.3 is 10.1 Å². The predicted molar refractivity (Wildman–Crippen MR) is 65.8 cm³/mol. The number of aromatic nitrogens is 1. The predicted octanol–water partition coefficient (Wildman–Crippen LogP) is 2.67. The van der Waals surface area contributed by atoms with Gasteiger partial charge in [0.05, 0.1) is 0 Å². The second-order valence-corrected chi connectivity index (χ2v) is 4.10. The molecule has 0 fully saturated rings. The first-order valence-corrected chi connectivity index (χ1v) is 5.53. The Labute approximate surface area is 98.2 Å². The number of nitrogens with zero attached hydrogens (tertiary/aromatic N) is 1. The Morgan fingerprint density at radius 2 is 2.18 bits per heavy atom. The van der Waals surface area contributed by atoms with Crippen LogP contribution in [0.2, 0.25) is 0 Å². The van der Waals surface area contributed by atoms with Crippen molar-refractivity contribution in [1.82, 2.24) is 9.88 Å². The number of rotatable bonds is 0. The van der Waals surface area contributed by atoms with E-state index in [1.807, 2.05) is 24.3 Å². The summed E-state index contributed by atoms with van der Waals surface area (Å²) in [6.07, 6.45) is 3.27. The first-order valence-electron chi connectivity index (χ1n) is 5.53. The highest BCUT2D eigenvalue weighted by Crippen LogP contribution is 2.25. The van der Waals surface area contributed by atoms with Crippen molar-refractivity contribution in [3.8, 4) is 0 Å². The van der Waals surface area contributed by atoms with Crippen LogP contribution < -0.4 is 0 Å². The zero-order valence-electron chi connectivity index (χ0n) is 9.18. The Hall–Kier alpha value is -2.23. The van der Waals surface area contributed by atoms with Crippen molar-refractivity contribution in [2.45, 2.75) is 6.42 Å². The molecule has 0 radical (unpaired) electrons. The maximum absolute atomic E-state index is 10.9. The molecule has 2 N–H and O–H groups in total. The Bertz CT molecular complexity index is 613. The van der Waals surface area contributed by atoms with Crippen molar-refractivity contribution >= 4 is 23.1 Å². The van der Waals surface area contributed by atoms with E-state index in [1.165, 1.54) is 15.8 Å². The molecule has 3 rings (SSSR count). The topological polar surface area (TPSA) is 56.3 Å². The van der Waals surface area contributed by atoms with Gasteiger partial charge >= 0.3 is 6.09 Å². The standard InChI is InChI=1S/C13H12N2O2/c16-13(17)15-7-5-10-9-3-1-2-4-11(9)14-12(10)6-8-15/h1-4,6,8,14H,5,7H2,(H,16,17). The molecular formula is C13H12N2O2. The lowest BCUT2D eigenvalue weighted by Crippen LogP contribution is -2.24. The van der Waals surface area contributed by atoms with Crippen LogP contribution in [0.15, 0.2) is 30.5 Å². The molecule has 0 bridgehead atoms. The van der Waals surface area contributed by atoms with Crippen molar-refractivity contribution in [2.24, 2.45) is 0 Å². The average molecular weight is 228 g/mol. The number of H-pyrrole nitrogens is 1. The third kappa shape index (κ3) is 1.58. The van der Waals surface area contributed by atoms with Crippen LogP contribution in [0, 0.1) is 0 Å². The average Bonchev–Trinajstić information content (AvgIpc) is 2.53. The number of hydrogen-bond acceptors (Lipinski definition) is 1. The van der Waals surface area contributed by atoms with Crippen LogP contribution >= 0.6 is 0 Å². The summed E-state index contributed by atoms with van der Waals surface area (Å²) in [6.45, 7) is 0.501. The van der Waals surface area contributed by atoms with E-state index in [9.17, 15) is 4.79 Å². The summed E-state index contributed by atoms with van der Waals surface area (Å²) in [6, 6.07) is 8.09. The first kappa shape index (κ1) is 9.96.